The van der Waals surface area contributed by atoms with Crippen molar-refractivity contribution in [1.29, 1.82) is 0 Å². The summed E-state index contributed by atoms with van der Waals surface area (Å²) in [5.74, 6) is 0. The molecule has 0 fully saturated rings. The molecule has 0 amide bonds. The molecule has 3 aromatic rings. The Hall–Kier alpha value is -2.62. The quantitative estimate of drug-likeness (QED) is 0.616. The number of nitrogens with zero attached hydrogens (tertiary/aromatic N) is 4. The van der Waals surface area contributed by atoms with Crippen molar-refractivity contribution in [1.82, 2.24) is 15.0 Å². The maximum atomic E-state index is 4.54. The van der Waals surface area contributed by atoms with Crippen LogP contribution in [0.1, 0.15) is 39.3 Å². The molecule has 4 heteroatoms. The highest BCUT2D eigenvalue weighted by atomic mass is 15.4. The van der Waals surface area contributed by atoms with Crippen LogP contribution in [-0.4, -0.2) is 22.0 Å². The number of fused-ring (bicyclic) bond motifs is 5. The first-order chi connectivity index (χ1) is 12.2. The molecule has 25 heavy (non-hydrogen) atoms. The standard InChI is InChI=1S/C19H20N4.C2H6/c1-13(2)23-19-15-9-5-4-8-14(15)12-22(3)17-11-7-6-10-16(17)18(19)20-21-23;1-2/h4-11,13H,12H2,1-3H3;1-2H3. The molecule has 0 saturated heterocycles. The van der Waals surface area contributed by atoms with Crippen LogP contribution in [0.5, 0.6) is 0 Å². The van der Waals surface area contributed by atoms with E-state index in [4.69, 9.17) is 0 Å². The van der Waals surface area contributed by atoms with E-state index in [1.165, 1.54) is 16.8 Å². The maximum Gasteiger partial charge on any atom is 0.123 e. The first kappa shape index (κ1) is 17.2. The lowest BCUT2D eigenvalue weighted by molar-refractivity contribution is 0.519. The fourth-order valence-corrected chi connectivity index (χ4v) is 3.32. The predicted molar refractivity (Wildman–Crippen MR) is 105 cm³/mol. The zero-order chi connectivity index (χ0) is 18.0. The van der Waals surface area contributed by atoms with Crippen LogP contribution in [0.15, 0.2) is 48.5 Å². The summed E-state index contributed by atoms with van der Waals surface area (Å²) in [4.78, 5) is 2.28. The minimum Gasteiger partial charge on any atom is -0.370 e. The first-order valence-electron chi connectivity index (χ1n) is 9.01. The molecule has 0 aliphatic carbocycles. The van der Waals surface area contributed by atoms with Gasteiger partial charge in [0.05, 0.1) is 5.69 Å². The van der Waals surface area contributed by atoms with E-state index in [0.717, 1.165) is 23.5 Å². The highest BCUT2D eigenvalue weighted by Crippen LogP contribution is 2.40. The van der Waals surface area contributed by atoms with E-state index < -0.39 is 0 Å². The summed E-state index contributed by atoms with van der Waals surface area (Å²) in [5.41, 5.74) is 6.95. The molecule has 4 nitrogen and oxygen atoms in total. The van der Waals surface area contributed by atoms with Crippen LogP contribution in [0, 0.1) is 0 Å². The van der Waals surface area contributed by atoms with Gasteiger partial charge in [-0.1, -0.05) is 61.5 Å². The van der Waals surface area contributed by atoms with Gasteiger partial charge in [0.1, 0.15) is 5.69 Å². The van der Waals surface area contributed by atoms with Crippen LogP contribution in [0.2, 0.25) is 0 Å². The van der Waals surface area contributed by atoms with E-state index >= 15 is 0 Å². The van der Waals surface area contributed by atoms with Gasteiger partial charge in [-0.3, -0.25) is 0 Å². The monoisotopic (exact) mass is 334 g/mol. The van der Waals surface area contributed by atoms with E-state index in [0.29, 0.717) is 0 Å². The van der Waals surface area contributed by atoms with Crippen LogP contribution < -0.4 is 4.90 Å². The van der Waals surface area contributed by atoms with Crippen molar-refractivity contribution in [2.45, 2.75) is 40.3 Å². The third-order valence-corrected chi connectivity index (χ3v) is 4.43. The Kier molecular flexibility index (Phi) is 4.88. The van der Waals surface area contributed by atoms with Gasteiger partial charge < -0.3 is 4.90 Å². The molecular formula is C21H26N4. The van der Waals surface area contributed by atoms with Crippen molar-refractivity contribution >= 4 is 5.69 Å². The molecule has 4 rings (SSSR count). The Balaban J connectivity index is 0.000000880. The lowest BCUT2D eigenvalue weighted by Crippen LogP contribution is -2.19. The molecular weight excluding hydrogens is 308 g/mol. The Labute approximate surface area is 150 Å². The number of anilines is 1. The van der Waals surface area contributed by atoms with Crippen molar-refractivity contribution < 1.29 is 0 Å². The van der Waals surface area contributed by atoms with Gasteiger partial charge in [-0.15, -0.1) is 5.10 Å². The molecule has 0 spiro atoms. The minimum absolute atomic E-state index is 0.267. The largest absolute Gasteiger partial charge is 0.370 e. The second-order valence-electron chi connectivity index (χ2n) is 6.36. The Morgan fingerprint density at radius 2 is 1.56 bits per heavy atom. The molecule has 0 N–H and O–H groups in total. The average molecular weight is 334 g/mol. The third kappa shape index (κ3) is 2.93. The summed E-state index contributed by atoms with van der Waals surface area (Å²) < 4.78 is 2.04. The maximum absolute atomic E-state index is 4.54. The topological polar surface area (TPSA) is 34.0 Å². The zero-order valence-electron chi connectivity index (χ0n) is 15.7. The van der Waals surface area contributed by atoms with Crippen molar-refractivity contribution in [2.75, 3.05) is 11.9 Å². The summed E-state index contributed by atoms with van der Waals surface area (Å²) >= 11 is 0. The zero-order valence-corrected chi connectivity index (χ0v) is 15.7. The van der Waals surface area contributed by atoms with E-state index in [1.54, 1.807) is 0 Å². The highest BCUT2D eigenvalue weighted by Gasteiger charge is 2.25. The first-order valence-corrected chi connectivity index (χ1v) is 9.01. The lowest BCUT2D eigenvalue weighted by Gasteiger charge is -2.26. The van der Waals surface area contributed by atoms with Crippen molar-refractivity contribution in [3.63, 3.8) is 0 Å². The summed E-state index contributed by atoms with van der Waals surface area (Å²) in [6.45, 7) is 9.17. The molecule has 2 aromatic carbocycles. The second-order valence-corrected chi connectivity index (χ2v) is 6.36. The predicted octanol–water partition coefficient (Wildman–Crippen LogP) is 5.17. The van der Waals surface area contributed by atoms with E-state index in [-0.39, 0.29) is 6.04 Å². The molecule has 0 saturated carbocycles. The number of hydrogen-bond acceptors (Lipinski definition) is 3. The van der Waals surface area contributed by atoms with Crippen molar-refractivity contribution in [3.8, 4) is 22.5 Å². The van der Waals surface area contributed by atoms with Crippen LogP contribution in [0.25, 0.3) is 22.5 Å². The smallest absolute Gasteiger partial charge is 0.123 e. The molecule has 0 unspecified atom stereocenters. The number of para-hydroxylation sites is 1. The Morgan fingerprint density at radius 1 is 0.920 bits per heavy atom. The van der Waals surface area contributed by atoms with Gasteiger partial charge in [0.2, 0.25) is 0 Å². The van der Waals surface area contributed by atoms with Gasteiger partial charge in [-0.05, 0) is 25.5 Å². The van der Waals surface area contributed by atoms with Crippen molar-refractivity contribution in [2.24, 2.45) is 0 Å². The van der Waals surface area contributed by atoms with Gasteiger partial charge in [0.15, 0.2) is 0 Å². The van der Waals surface area contributed by atoms with Crippen LogP contribution in [-0.2, 0) is 6.54 Å². The Morgan fingerprint density at radius 3 is 2.28 bits per heavy atom. The molecule has 130 valence electrons. The van der Waals surface area contributed by atoms with Gasteiger partial charge in [-0.25, -0.2) is 4.68 Å². The number of benzene rings is 2. The molecule has 0 bridgehead atoms. The van der Waals surface area contributed by atoms with Crippen molar-refractivity contribution in [3.05, 3.63) is 54.1 Å². The minimum atomic E-state index is 0.267. The number of aromatic nitrogens is 3. The van der Waals surface area contributed by atoms with Gasteiger partial charge in [0, 0.05) is 36.4 Å². The summed E-state index contributed by atoms with van der Waals surface area (Å²) in [6.07, 6.45) is 0. The lowest BCUT2D eigenvalue weighted by atomic mass is 9.96. The van der Waals surface area contributed by atoms with E-state index in [2.05, 4.69) is 84.6 Å². The van der Waals surface area contributed by atoms with Crippen LogP contribution >= 0.6 is 0 Å². The molecule has 0 radical (unpaired) electrons. The number of rotatable bonds is 1. The number of hydrogen-bond donors (Lipinski definition) is 0. The highest BCUT2D eigenvalue weighted by molar-refractivity contribution is 5.87. The molecule has 1 aromatic heterocycles. The molecule has 2 heterocycles. The van der Waals surface area contributed by atoms with Crippen LogP contribution in [0.3, 0.4) is 0 Å². The fraction of sp³-hybridized carbons (Fsp3) is 0.333. The van der Waals surface area contributed by atoms with Gasteiger partial charge >= 0.3 is 0 Å². The Bertz CT molecular complexity index is 864. The molecule has 1 aliphatic heterocycles. The van der Waals surface area contributed by atoms with Crippen LogP contribution in [0.4, 0.5) is 5.69 Å². The summed E-state index contributed by atoms with van der Waals surface area (Å²) in [6, 6.07) is 17.3. The average Bonchev–Trinajstić information content (AvgIpc) is 3.07. The van der Waals surface area contributed by atoms with Gasteiger partial charge in [0.25, 0.3) is 0 Å². The van der Waals surface area contributed by atoms with E-state index in [1.807, 2.05) is 18.5 Å². The third-order valence-electron chi connectivity index (χ3n) is 4.43. The fourth-order valence-electron chi connectivity index (χ4n) is 3.32. The second kappa shape index (κ2) is 7.09. The van der Waals surface area contributed by atoms with E-state index in [9.17, 15) is 0 Å². The molecule has 0 atom stereocenters. The van der Waals surface area contributed by atoms with Gasteiger partial charge in [-0.2, -0.15) is 0 Å². The normalized spacial score (nSPS) is 12.3. The SMILES string of the molecule is CC.CC(C)n1nnc2c1-c1ccccc1CN(C)c1ccccc1-2. The summed E-state index contributed by atoms with van der Waals surface area (Å²) in [7, 11) is 2.13. The molecule has 1 aliphatic rings. The summed E-state index contributed by atoms with van der Waals surface area (Å²) in [5, 5.41) is 8.99.